The molecule has 0 saturated carbocycles. The van der Waals surface area contributed by atoms with Crippen molar-refractivity contribution in [3.05, 3.63) is 112 Å². The number of hydrogen-bond donors (Lipinski definition) is 3. The third-order valence-electron chi connectivity index (χ3n) is 8.92. The predicted octanol–water partition coefficient (Wildman–Crippen LogP) is 5.46. The molecule has 10 heteroatoms. The van der Waals surface area contributed by atoms with E-state index in [4.69, 9.17) is 0 Å². The summed E-state index contributed by atoms with van der Waals surface area (Å²) in [6, 6.07) is 21.1. The molecule has 2 aromatic heterocycles. The van der Waals surface area contributed by atoms with E-state index in [0.717, 1.165) is 59.3 Å². The normalized spacial score (nSPS) is 13.6. The Morgan fingerprint density at radius 1 is 0.936 bits per heavy atom. The number of aryl methyl sites for hydroxylation is 1. The van der Waals surface area contributed by atoms with Crippen LogP contribution >= 0.6 is 0 Å². The van der Waals surface area contributed by atoms with Gasteiger partial charge < -0.3 is 30.0 Å². The van der Waals surface area contributed by atoms with Crippen LogP contribution < -0.4 is 26.4 Å². The Balaban J connectivity index is 1.51. The predicted molar refractivity (Wildman–Crippen MR) is 185 cm³/mol. The second-order valence-corrected chi connectivity index (χ2v) is 12.1. The summed E-state index contributed by atoms with van der Waals surface area (Å²) in [6.07, 6.45) is 4.21. The van der Waals surface area contributed by atoms with Crippen LogP contribution in [0.4, 0.5) is 15.8 Å². The molecule has 1 fully saturated rings. The number of aromatic nitrogens is 2. The molecule has 6 rings (SSSR count). The lowest BCUT2D eigenvalue weighted by molar-refractivity contribution is -0.117. The van der Waals surface area contributed by atoms with Crippen LogP contribution in [-0.2, 0) is 11.3 Å². The Hall–Kier alpha value is -5.22. The molecule has 2 amide bonds. The van der Waals surface area contributed by atoms with Crippen LogP contribution in [0.2, 0.25) is 0 Å². The number of benzene rings is 3. The molecule has 9 nitrogen and oxygen atoms in total. The average Bonchev–Trinajstić information content (AvgIpc) is 3.74. The van der Waals surface area contributed by atoms with Gasteiger partial charge >= 0.3 is 0 Å². The van der Waals surface area contributed by atoms with Gasteiger partial charge in [-0.15, -0.1) is 0 Å². The van der Waals surface area contributed by atoms with Gasteiger partial charge in [-0.05, 0) is 111 Å². The largest absolute Gasteiger partial charge is 0.371 e. The SMILES string of the molecule is CNC(=O)c1cccc(-c2ccc(NC(=O)[C@H](C)NC)c(=O)n2Cc2cc(N3CCCC3)cc(-n3cc(C)c4cc(F)ccc43)c2)c1. The Bertz CT molecular complexity index is 2040. The lowest BCUT2D eigenvalue weighted by Gasteiger charge is -2.22. The van der Waals surface area contributed by atoms with Gasteiger partial charge in [0.2, 0.25) is 5.91 Å². The lowest BCUT2D eigenvalue weighted by atomic mass is 10.1. The van der Waals surface area contributed by atoms with Gasteiger partial charge in [0.25, 0.3) is 11.5 Å². The zero-order valence-corrected chi connectivity index (χ0v) is 27.1. The van der Waals surface area contributed by atoms with E-state index in [1.54, 1.807) is 68.1 Å². The number of rotatable bonds is 9. The van der Waals surface area contributed by atoms with Gasteiger partial charge in [0.1, 0.15) is 11.5 Å². The van der Waals surface area contributed by atoms with Gasteiger partial charge in [-0.1, -0.05) is 12.1 Å². The first-order chi connectivity index (χ1) is 22.7. The first kappa shape index (κ1) is 31.7. The van der Waals surface area contributed by atoms with Crippen molar-refractivity contribution in [2.75, 3.05) is 37.4 Å². The summed E-state index contributed by atoms with van der Waals surface area (Å²) in [7, 11) is 3.26. The number of likely N-dealkylation sites (N-methyl/N-ethyl adjacent to an activating group) is 1. The fraction of sp³-hybridized carbons (Fsp3) is 0.270. The molecule has 3 N–H and O–H groups in total. The van der Waals surface area contributed by atoms with E-state index in [0.29, 0.717) is 16.8 Å². The fourth-order valence-electron chi connectivity index (χ4n) is 6.23. The van der Waals surface area contributed by atoms with Crippen LogP contribution in [-0.4, -0.2) is 54.2 Å². The van der Waals surface area contributed by atoms with Crippen LogP contribution in [0.15, 0.2) is 83.8 Å². The molecular formula is C37H39FN6O3. The highest BCUT2D eigenvalue weighted by Crippen LogP contribution is 2.31. The molecule has 242 valence electrons. The molecule has 0 aliphatic carbocycles. The quantitative estimate of drug-likeness (QED) is 0.200. The highest BCUT2D eigenvalue weighted by molar-refractivity contribution is 5.96. The maximum Gasteiger partial charge on any atom is 0.275 e. The van der Waals surface area contributed by atoms with Gasteiger partial charge in [-0.2, -0.15) is 0 Å². The summed E-state index contributed by atoms with van der Waals surface area (Å²) in [6.45, 7) is 5.76. The molecule has 47 heavy (non-hydrogen) atoms. The van der Waals surface area contributed by atoms with Crippen molar-refractivity contribution < 1.29 is 14.0 Å². The summed E-state index contributed by atoms with van der Waals surface area (Å²) >= 11 is 0. The molecule has 3 heterocycles. The van der Waals surface area contributed by atoms with Gasteiger partial charge in [-0.25, -0.2) is 4.39 Å². The molecule has 5 aromatic rings. The smallest absolute Gasteiger partial charge is 0.275 e. The molecule has 1 aliphatic heterocycles. The summed E-state index contributed by atoms with van der Waals surface area (Å²) < 4.78 is 17.9. The average molecular weight is 635 g/mol. The van der Waals surface area contributed by atoms with Crippen molar-refractivity contribution in [1.82, 2.24) is 19.8 Å². The Kier molecular flexibility index (Phi) is 8.95. The molecular weight excluding hydrogens is 595 g/mol. The zero-order chi connectivity index (χ0) is 33.2. The second-order valence-electron chi connectivity index (χ2n) is 12.1. The van der Waals surface area contributed by atoms with E-state index in [-0.39, 0.29) is 35.4 Å². The zero-order valence-electron chi connectivity index (χ0n) is 27.1. The molecule has 3 aromatic carbocycles. The number of hydrogen-bond acceptors (Lipinski definition) is 5. The molecule has 0 spiro atoms. The standard InChI is InChI=1S/C37H39FN6O3/c1-23-21-43(34-12-10-28(38)19-31(23)34)30-17-25(16-29(20-30)42-14-5-6-15-42)22-44-33(26-8-7-9-27(18-26)36(46)40-4)13-11-32(37(44)47)41-35(45)24(2)39-3/h7-13,16-21,24,39H,5-6,14-15,22H2,1-4H3,(H,40,46)(H,41,45)/t24-/m0/s1. The maximum absolute atomic E-state index is 14.2. The third-order valence-corrected chi connectivity index (χ3v) is 8.92. The number of amides is 2. The van der Waals surface area contributed by atoms with E-state index in [1.807, 2.05) is 25.3 Å². The minimum absolute atomic E-state index is 0.160. The third kappa shape index (κ3) is 6.41. The maximum atomic E-state index is 14.2. The second kappa shape index (κ2) is 13.3. The van der Waals surface area contributed by atoms with Crippen molar-refractivity contribution in [3.63, 3.8) is 0 Å². The van der Waals surface area contributed by atoms with Crippen molar-refractivity contribution in [3.8, 4) is 16.9 Å². The Morgan fingerprint density at radius 2 is 1.70 bits per heavy atom. The van der Waals surface area contributed by atoms with Gasteiger partial charge in [0, 0.05) is 48.7 Å². The first-order valence-electron chi connectivity index (χ1n) is 15.9. The van der Waals surface area contributed by atoms with Crippen LogP contribution in [0.1, 0.15) is 41.3 Å². The number of pyridine rings is 1. The Labute approximate surface area is 273 Å². The highest BCUT2D eigenvalue weighted by atomic mass is 19.1. The number of carbonyl (C=O) groups is 2. The lowest BCUT2D eigenvalue weighted by Crippen LogP contribution is -2.37. The van der Waals surface area contributed by atoms with E-state index < -0.39 is 6.04 Å². The molecule has 0 bridgehead atoms. The summed E-state index contributed by atoms with van der Waals surface area (Å²) in [4.78, 5) is 41.8. The summed E-state index contributed by atoms with van der Waals surface area (Å²) in [5.41, 5.74) is 6.22. The molecule has 1 saturated heterocycles. The fourth-order valence-corrected chi connectivity index (χ4v) is 6.23. The van der Waals surface area contributed by atoms with E-state index in [1.165, 1.54) is 6.07 Å². The topological polar surface area (TPSA) is 100 Å². The van der Waals surface area contributed by atoms with Gasteiger partial charge in [0.15, 0.2) is 0 Å². The summed E-state index contributed by atoms with van der Waals surface area (Å²) in [5, 5.41) is 9.18. The number of carbonyl (C=O) groups excluding carboxylic acids is 2. The first-order valence-corrected chi connectivity index (χ1v) is 15.9. The molecule has 0 radical (unpaired) electrons. The molecule has 0 unspecified atom stereocenters. The van der Waals surface area contributed by atoms with E-state index in [9.17, 15) is 18.8 Å². The van der Waals surface area contributed by atoms with Crippen LogP contribution in [0.5, 0.6) is 0 Å². The minimum Gasteiger partial charge on any atom is -0.371 e. The van der Waals surface area contributed by atoms with Crippen LogP contribution in [0, 0.1) is 12.7 Å². The molecule has 1 atom stereocenters. The van der Waals surface area contributed by atoms with Gasteiger partial charge in [-0.3, -0.25) is 14.4 Å². The van der Waals surface area contributed by atoms with Gasteiger partial charge in [0.05, 0.1) is 23.8 Å². The molecule has 1 aliphatic rings. The van der Waals surface area contributed by atoms with Crippen molar-refractivity contribution >= 4 is 34.1 Å². The number of nitrogens with one attached hydrogen (secondary N) is 3. The van der Waals surface area contributed by atoms with E-state index >= 15 is 0 Å². The summed E-state index contributed by atoms with van der Waals surface area (Å²) in [5.74, 6) is -0.841. The monoisotopic (exact) mass is 634 g/mol. The number of anilines is 2. The van der Waals surface area contributed by atoms with Crippen molar-refractivity contribution in [2.45, 2.75) is 39.3 Å². The van der Waals surface area contributed by atoms with Crippen LogP contribution in [0.25, 0.3) is 27.8 Å². The van der Waals surface area contributed by atoms with Crippen molar-refractivity contribution in [1.29, 1.82) is 0 Å². The number of halogens is 1. The number of nitrogens with zero attached hydrogens (tertiary/aromatic N) is 3. The highest BCUT2D eigenvalue weighted by Gasteiger charge is 2.20. The van der Waals surface area contributed by atoms with Crippen LogP contribution in [0.3, 0.4) is 0 Å². The van der Waals surface area contributed by atoms with E-state index in [2.05, 4.69) is 37.6 Å². The van der Waals surface area contributed by atoms with Crippen molar-refractivity contribution in [2.24, 2.45) is 0 Å². The minimum atomic E-state index is -0.500. The Morgan fingerprint density at radius 3 is 2.45 bits per heavy atom. The number of fused-ring (bicyclic) bond motifs is 1.